The fraction of sp³-hybridized carbons (Fsp3) is 0.192. The maximum absolute atomic E-state index is 5.93. The van der Waals surface area contributed by atoms with Gasteiger partial charge in [-0.2, -0.15) is 0 Å². The number of benzene rings is 1. The highest BCUT2D eigenvalue weighted by Crippen LogP contribution is 2.29. The van der Waals surface area contributed by atoms with Crippen molar-refractivity contribution in [3.63, 3.8) is 0 Å². The van der Waals surface area contributed by atoms with Crippen molar-refractivity contribution in [1.82, 2.24) is 15.0 Å². The van der Waals surface area contributed by atoms with Crippen molar-refractivity contribution in [3.8, 4) is 33.9 Å². The van der Waals surface area contributed by atoms with E-state index in [9.17, 15) is 0 Å². The highest BCUT2D eigenvalue weighted by molar-refractivity contribution is 6.61. The molecule has 0 N–H and O–H groups in total. The summed E-state index contributed by atoms with van der Waals surface area (Å²) >= 11 is 0. The summed E-state index contributed by atoms with van der Waals surface area (Å²) in [5.74, 6) is 0. The highest BCUT2D eigenvalue weighted by atomic mass is 16.6. The first-order chi connectivity index (χ1) is 15.6. The van der Waals surface area contributed by atoms with Gasteiger partial charge in [-0.25, -0.2) is 4.98 Å². The van der Waals surface area contributed by atoms with Crippen LogP contribution < -0.4 is 5.46 Å². The number of aromatic nitrogens is 3. The third kappa shape index (κ3) is 4.47. The van der Waals surface area contributed by atoms with Crippen LogP contribution in [0.4, 0.5) is 0 Å². The summed E-state index contributed by atoms with van der Waals surface area (Å²) in [5.41, 5.74) is 6.50. The molecular formula is C26H24BN3O2. The Bertz CT molecular complexity index is 1130. The second-order valence-electron chi connectivity index (χ2n) is 8.80. The molecule has 0 amide bonds. The average Bonchev–Trinajstić information content (AvgIpc) is 2.85. The third-order valence-corrected chi connectivity index (χ3v) is 5.45. The van der Waals surface area contributed by atoms with Crippen LogP contribution in [-0.2, 0) is 9.31 Å². The van der Waals surface area contributed by atoms with Gasteiger partial charge >= 0.3 is 7.12 Å². The number of nitrogens with zero attached hydrogens (tertiary/aromatic N) is 3. The molecule has 0 radical (unpaired) electrons. The maximum Gasteiger partial charge on any atom is 0.493 e. The average molecular weight is 421 g/mol. The molecule has 0 aliphatic carbocycles. The van der Waals surface area contributed by atoms with E-state index in [0.717, 1.165) is 39.4 Å². The van der Waals surface area contributed by atoms with Crippen LogP contribution in [0.1, 0.15) is 13.8 Å². The van der Waals surface area contributed by atoms with E-state index in [1.165, 1.54) is 0 Å². The molecule has 6 heteroatoms. The normalized spacial score (nSPS) is 15.5. The van der Waals surface area contributed by atoms with Gasteiger partial charge in [-0.05, 0) is 53.0 Å². The van der Waals surface area contributed by atoms with Gasteiger partial charge in [0.05, 0.1) is 22.8 Å². The second kappa shape index (κ2) is 8.65. The minimum atomic E-state index is -0.317. The second-order valence-corrected chi connectivity index (χ2v) is 8.80. The summed E-state index contributed by atoms with van der Waals surface area (Å²) in [6.45, 7) is 5.66. The first-order valence-corrected chi connectivity index (χ1v) is 10.8. The van der Waals surface area contributed by atoms with Crippen LogP contribution in [-0.4, -0.2) is 35.3 Å². The fourth-order valence-corrected chi connectivity index (χ4v) is 3.71. The molecule has 5 nitrogen and oxygen atoms in total. The topological polar surface area (TPSA) is 57.1 Å². The lowest BCUT2D eigenvalue weighted by Gasteiger charge is -2.33. The zero-order valence-electron chi connectivity index (χ0n) is 18.2. The zero-order valence-corrected chi connectivity index (χ0v) is 18.2. The van der Waals surface area contributed by atoms with E-state index in [1.807, 2.05) is 36.4 Å². The molecule has 1 aromatic carbocycles. The molecule has 1 aliphatic rings. The Labute approximate surface area is 188 Å². The fourth-order valence-electron chi connectivity index (χ4n) is 3.71. The standard InChI is InChI=1S/C26H24BN3O2/c1-26(2)17-31-27(32-18-26)21-11-9-19(10-12-21)20-15-24(22-7-3-5-13-28-22)30-25(16-20)23-8-4-6-14-29-23/h3-16H,17-18H2,1-2H3. The maximum atomic E-state index is 5.93. The van der Waals surface area contributed by atoms with Gasteiger partial charge in [-0.15, -0.1) is 0 Å². The molecule has 1 aliphatic heterocycles. The van der Waals surface area contributed by atoms with Crippen molar-refractivity contribution in [3.05, 3.63) is 85.2 Å². The zero-order chi connectivity index (χ0) is 22.0. The summed E-state index contributed by atoms with van der Waals surface area (Å²) in [4.78, 5) is 13.8. The van der Waals surface area contributed by atoms with E-state index in [2.05, 4.69) is 60.2 Å². The Morgan fingerprint density at radius 2 is 1.25 bits per heavy atom. The molecule has 0 atom stereocenters. The van der Waals surface area contributed by atoms with Crippen LogP contribution >= 0.6 is 0 Å². The molecule has 0 bridgehead atoms. The highest BCUT2D eigenvalue weighted by Gasteiger charge is 2.33. The summed E-state index contributed by atoms with van der Waals surface area (Å²) in [7, 11) is -0.317. The van der Waals surface area contributed by atoms with Gasteiger partial charge in [-0.3, -0.25) is 9.97 Å². The molecule has 4 heterocycles. The Morgan fingerprint density at radius 3 is 1.75 bits per heavy atom. The van der Waals surface area contributed by atoms with E-state index in [0.29, 0.717) is 13.2 Å². The van der Waals surface area contributed by atoms with Gasteiger partial charge in [0.25, 0.3) is 0 Å². The van der Waals surface area contributed by atoms with Crippen molar-refractivity contribution in [2.24, 2.45) is 5.41 Å². The van der Waals surface area contributed by atoms with Crippen LogP contribution in [0.25, 0.3) is 33.9 Å². The Balaban J connectivity index is 1.50. The monoisotopic (exact) mass is 421 g/mol. The molecule has 32 heavy (non-hydrogen) atoms. The van der Waals surface area contributed by atoms with Crippen molar-refractivity contribution in [2.75, 3.05) is 13.2 Å². The molecular weight excluding hydrogens is 397 g/mol. The molecule has 1 fully saturated rings. The lowest BCUT2D eigenvalue weighted by atomic mass is 9.75. The first-order valence-electron chi connectivity index (χ1n) is 10.8. The van der Waals surface area contributed by atoms with Crippen LogP contribution in [0.5, 0.6) is 0 Å². The van der Waals surface area contributed by atoms with Gasteiger partial charge in [0.15, 0.2) is 0 Å². The quantitative estimate of drug-likeness (QED) is 0.450. The van der Waals surface area contributed by atoms with Gasteiger partial charge in [-0.1, -0.05) is 50.2 Å². The molecule has 0 spiro atoms. The van der Waals surface area contributed by atoms with E-state index in [1.54, 1.807) is 12.4 Å². The van der Waals surface area contributed by atoms with Crippen molar-refractivity contribution in [1.29, 1.82) is 0 Å². The van der Waals surface area contributed by atoms with Gasteiger partial charge in [0, 0.05) is 31.0 Å². The van der Waals surface area contributed by atoms with Gasteiger partial charge in [0.1, 0.15) is 0 Å². The first kappa shape index (κ1) is 20.6. The summed E-state index contributed by atoms with van der Waals surface area (Å²) in [6.07, 6.45) is 3.56. The van der Waals surface area contributed by atoms with Gasteiger partial charge in [0.2, 0.25) is 0 Å². The predicted octanol–water partition coefficient (Wildman–Crippen LogP) is 4.64. The summed E-state index contributed by atoms with van der Waals surface area (Å²) in [6, 6.07) is 24.2. The molecule has 4 aromatic rings. The third-order valence-electron chi connectivity index (χ3n) is 5.45. The van der Waals surface area contributed by atoms with E-state index in [4.69, 9.17) is 14.3 Å². The van der Waals surface area contributed by atoms with Crippen LogP contribution in [0.3, 0.4) is 0 Å². The SMILES string of the molecule is CC1(C)COB(c2ccc(-c3cc(-c4ccccn4)nc(-c4ccccn4)c3)cc2)OC1. The van der Waals surface area contributed by atoms with E-state index < -0.39 is 0 Å². The minimum absolute atomic E-state index is 0.0528. The molecule has 3 aromatic heterocycles. The Hall–Kier alpha value is -3.35. The number of pyridine rings is 3. The van der Waals surface area contributed by atoms with Crippen molar-refractivity contribution in [2.45, 2.75) is 13.8 Å². The number of hydrogen-bond acceptors (Lipinski definition) is 5. The molecule has 1 saturated heterocycles. The number of rotatable bonds is 4. The largest absolute Gasteiger partial charge is 0.493 e. The van der Waals surface area contributed by atoms with Gasteiger partial charge < -0.3 is 9.31 Å². The Kier molecular flexibility index (Phi) is 5.56. The lowest BCUT2D eigenvalue weighted by molar-refractivity contribution is 0.0343. The molecule has 5 rings (SSSR count). The number of hydrogen-bond donors (Lipinski definition) is 0. The van der Waals surface area contributed by atoms with Crippen molar-refractivity contribution < 1.29 is 9.31 Å². The molecule has 0 unspecified atom stereocenters. The smallest absolute Gasteiger partial charge is 0.407 e. The van der Waals surface area contributed by atoms with Crippen LogP contribution in [0.2, 0.25) is 0 Å². The minimum Gasteiger partial charge on any atom is -0.407 e. The van der Waals surface area contributed by atoms with Crippen LogP contribution in [0.15, 0.2) is 85.2 Å². The predicted molar refractivity (Wildman–Crippen MR) is 127 cm³/mol. The molecule has 158 valence electrons. The lowest BCUT2D eigenvalue weighted by Crippen LogP contribution is -2.47. The summed E-state index contributed by atoms with van der Waals surface area (Å²) < 4.78 is 11.9. The summed E-state index contributed by atoms with van der Waals surface area (Å²) in [5, 5.41) is 0. The Morgan fingerprint density at radius 1 is 0.688 bits per heavy atom. The van der Waals surface area contributed by atoms with E-state index >= 15 is 0 Å². The van der Waals surface area contributed by atoms with Crippen LogP contribution in [0, 0.1) is 5.41 Å². The molecule has 0 saturated carbocycles. The van der Waals surface area contributed by atoms with E-state index in [-0.39, 0.29) is 12.5 Å². The van der Waals surface area contributed by atoms with Crippen molar-refractivity contribution >= 4 is 12.6 Å².